The zero-order valence-corrected chi connectivity index (χ0v) is 15.7. The molecule has 0 aliphatic rings. The smallest absolute Gasteiger partial charge is 0.239 e. The van der Waals surface area contributed by atoms with Gasteiger partial charge in [-0.2, -0.15) is 4.98 Å². The van der Waals surface area contributed by atoms with E-state index in [-0.39, 0.29) is 5.25 Å². The minimum absolute atomic E-state index is 0.0410. The summed E-state index contributed by atoms with van der Waals surface area (Å²) in [6, 6.07) is 6.17. The maximum Gasteiger partial charge on any atom is 0.239 e. The lowest BCUT2D eigenvalue weighted by molar-refractivity contribution is 0.375. The summed E-state index contributed by atoms with van der Waals surface area (Å²) in [4.78, 5) is 4.36. The first-order chi connectivity index (χ1) is 11.6. The van der Waals surface area contributed by atoms with Gasteiger partial charge in [0.2, 0.25) is 11.0 Å². The maximum atomic E-state index is 5.28. The molecule has 126 valence electrons. The van der Waals surface area contributed by atoms with Gasteiger partial charge in [0.15, 0.2) is 10.2 Å². The molecule has 0 aliphatic heterocycles. The summed E-state index contributed by atoms with van der Waals surface area (Å²) in [5, 5.41) is 16.5. The van der Waals surface area contributed by atoms with Crippen molar-refractivity contribution in [3.05, 3.63) is 41.0 Å². The third-order valence-corrected chi connectivity index (χ3v) is 5.69. The van der Waals surface area contributed by atoms with Crippen LogP contribution in [0.15, 0.2) is 27.1 Å². The molecule has 0 spiro atoms. The highest BCUT2D eigenvalue weighted by Crippen LogP contribution is 2.37. The first-order valence-electron chi connectivity index (χ1n) is 7.72. The standard InChI is InChI=1S/C16H19N5OS2/c1-5-13-18-14(22-21-13)11(4)23-16-20-19-15(24-16)17-12-8-6-7-9(2)10(12)3/h6-8,11H,5H2,1-4H3,(H,17,19). The van der Waals surface area contributed by atoms with Gasteiger partial charge in [-0.05, 0) is 38.0 Å². The van der Waals surface area contributed by atoms with Gasteiger partial charge in [0, 0.05) is 12.1 Å². The average Bonchev–Trinajstić information content (AvgIpc) is 3.21. The van der Waals surface area contributed by atoms with Crippen LogP contribution in [0.25, 0.3) is 0 Å². The molecule has 24 heavy (non-hydrogen) atoms. The first kappa shape index (κ1) is 16.9. The van der Waals surface area contributed by atoms with Gasteiger partial charge >= 0.3 is 0 Å². The number of benzene rings is 1. The van der Waals surface area contributed by atoms with Crippen LogP contribution < -0.4 is 5.32 Å². The fourth-order valence-electron chi connectivity index (χ4n) is 2.09. The molecule has 1 unspecified atom stereocenters. The second kappa shape index (κ2) is 7.31. The van der Waals surface area contributed by atoms with Crippen molar-refractivity contribution in [2.24, 2.45) is 0 Å². The molecule has 0 bridgehead atoms. The lowest BCUT2D eigenvalue weighted by Crippen LogP contribution is -1.94. The van der Waals surface area contributed by atoms with Gasteiger partial charge < -0.3 is 9.84 Å². The van der Waals surface area contributed by atoms with Crippen molar-refractivity contribution in [1.29, 1.82) is 0 Å². The van der Waals surface area contributed by atoms with Gasteiger partial charge in [-0.1, -0.05) is 47.3 Å². The van der Waals surface area contributed by atoms with Gasteiger partial charge in [-0.25, -0.2) is 0 Å². The van der Waals surface area contributed by atoms with Crippen molar-refractivity contribution in [2.75, 3.05) is 5.32 Å². The Morgan fingerprint density at radius 3 is 2.88 bits per heavy atom. The summed E-state index contributed by atoms with van der Waals surface area (Å²) in [6.45, 7) is 8.22. The Labute approximate surface area is 149 Å². The third-order valence-electron chi connectivity index (χ3n) is 3.68. The van der Waals surface area contributed by atoms with Crippen molar-refractivity contribution < 1.29 is 4.52 Å². The lowest BCUT2D eigenvalue weighted by atomic mass is 10.1. The van der Waals surface area contributed by atoms with Crippen molar-refractivity contribution >= 4 is 33.9 Å². The van der Waals surface area contributed by atoms with Gasteiger partial charge in [-0.3, -0.25) is 0 Å². The molecule has 0 saturated carbocycles. The van der Waals surface area contributed by atoms with E-state index >= 15 is 0 Å². The van der Waals surface area contributed by atoms with E-state index in [9.17, 15) is 0 Å². The summed E-state index contributed by atoms with van der Waals surface area (Å²) in [6.07, 6.45) is 0.767. The summed E-state index contributed by atoms with van der Waals surface area (Å²) >= 11 is 3.09. The van der Waals surface area contributed by atoms with Crippen LogP contribution in [-0.4, -0.2) is 20.3 Å². The van der Waals surface area contributed by atoms with Crippen LogP contribution >= 0.6 is 23.1 Å². The molecule has 2 heterocycles. The van der Waals surface area contributed by atoms with Crippen LogP contribution in [0.2, 0.25) is 0 Å². The topological polar surface area (TPSA) is 76.7 Å². The van der Waals surface area contributed by atoms with E-state index in [0.717, 1.165) is 27.4 Å². The SMILES string of the molecule is CCc1noc(C(C)Sc2nnc(Nc3cccc(C)c3C)s2)n1. The van der Waals surface area contributed by atoms with E-state index in [1.54, 1.807) is 11.8 Å². The highest BCUT2D eigenvalue weighted by molar-refractivity contribution is 8.01. The van der Waals surface area contributed by atoms with Crippen LogP contribution in [0.4, 0.5) is 10.8 Å². The monoisotopic (exact) mass is 361 g/mol. The Balaban J connectivity index is 1.68. The highest BCUT2D eigenvalue weighted by atomic mass is 32.2. The third kappa shape index (κ3) is 3.76. The Kier molecular flexibility index (Phi) is 5.15. The van der Waals surface area contributed by atoms with Crippen molar-refractivity contribution in [1.82, 2.24) is 20.3 Å². The number of rotatable bonds is 6. The molecule has 0 aliphatic carbocycles. The number of nitrogens with zero attached hydrogens (tertiary/aromatic N) is 4. The largest absolute Gasteiger partial charge is 0.338 e. The van der Waals surface area contributed by atoms with E-state index < -0.39 is 0 Å². The van der Waals surface area contributed by atoms with Crippen LogP contribution in [0.3, 0.4) is 0 Å². The minimum Gasteiger partial charge on any atom is -0.338 e. The Morgan fingerprint density at radius 1 is 1.29 bits per heavy atom. The van der Waals surface area contributed by atoms with Crippen LogP contribution in [-0.2, 0) is 6.42 Å². The molecule has 3 rings (SSSR count). The van der Waals surface area contributed by atoms with Crippen molar-refractivity contribution in [3.63, 3.8) is 0 Å². The summed E-state index contributed by atoms with van der Waals surface area (Å²) < 4.78 is 6.15. The second-order valence-electron chi connectivity index (χ2n) is 5.41. The maximum absolute atomic E-state index is 5.28. The Morgan fingerprint density at radius 2 is 2.12 bits per heavy atom. The predicted octanol–water partition coefficient (Wildman–Crippen LogP) is 4.70. The molecule has 1 atom stereocenters. The molecule has 1 N–H and O–H groups in total. The summed E-state index contributed by atoms with van der Waals surface area (Å²) in [5.41, 5.74) is 3.52. The Hall–Kier alpha value is -1.93. The average molecular weight is 361 g/mol. The number of thioether (sulfide) groups is 1. The van der Waals surface area contributed by atoms with E-state index in [0.29, 0.717) is 5.89 Å². The van der Waals surface area contributed by atoms with Gasteiger partial charge in [-0.15, -0.1) is 10.2 Å². The van der Waals surface area contributed by atoms with Gasteiger partial charge in [0.25, 0.3) is 0 Å². The number of nitrogens with one attached hydrogen (secondary N) is 1. The van der Waals surface area contributed by atoms with Crippen molar-refractivity contribution in [2.45, 2.75) is 43.7 Å². The summed E-state index contributed by atoms with van der Waals surface area (Å²) in [7, 11) is 0. The number of aromatic nitrogens is 4. The molecule has 3 aromatic rings. The number of anilines is 2. The van der Waals surface area contributed by atoms with Gasteiger partial charge in [0.05, 0.1) is 5.25 Å². The fourth-order valence-corrected chi connectivity index (χ4v) is 4.03. The molecule has 1 aromatic carbocycles. The molecule has 2 aromatic heterocycles. The predicted molar refractivity (Wildman–Crippen MR) is 97.1 cm³/mol. The molecule has 0 fully saturated rings. The van der Waals surface area contributed by atoms with E-state index in [2.05, 4.69) is 45.6 Å². The normalized spacial score (nSPS) is 12.3. The van der Waals surface area contributed by atoms with E-state index in [1.807, 2.05) is 26.0 Å². The number of hydrogen-bond acceptors (Lipinski definition) is 8. The molecule has 8 heteroatoms. The fraction of sp³-hybridized carbons (Fsp3) is 0.375. The Bertz CT molecular complexity index is 829. The van der Waals surface area contributed by atoms with Crippen LogP contribution in [0, 0.1) is 13.8 Å². The molecule has 0 amide bonds. The highest BCUT2D eigenvalue weighted by Gasteiger charge is 2.18. The van der Waals surface area contributed by atoms with Gasteiger partial charge in [0.1, 0.15) is 0 Å². The zero-order valence-electron chi connectivity index (χ0n) is 14.0. The number of hydrogen-bond donors (Lipinski definition) is 1. The zero-order chi connectivity index (χ0) is 17.1. The lowest BCUT2D eigenvalue weighted by Gasteiger charge is -2.08. The molecule has 6 nitrogen and oxygen atoms in total. The van der Waals surface area contributed by atoms with Crippen molar-refractivity contribution in [3.8, 4) is 0 Å². The molecular formula is C16H19N5OS2. The van der Waals surface area contributed by atoms with E-state index in [1.165, 1.54) is 22.5 Å². The molecule has 0 saturated heterocycles. The van der Waals surface area contributed by atoms with Crippen LogP contribution in [0.1, 0.15) is 41.9 Å². The molecule has 0 radical (unpaired) electrons. The van der Waals surface area contributed by atoms with E-state index in [4.69, 9.17) is 4.52 Å². The second-order valence-corrected chi connectivity index (χ2v) is 7.97. The first-order valence-corrected chi connectivity index (χ1v) is 9.42. The summed E-state index contributed by atoms with van der Waals surface area (Å²) in [5.74, 6) is 1.35. The quantitative estimate of drug-likeness (QED) is 0.638. The number of aryl methyl sites for hydroxylation is 2. The minimum atomic E-state index is 0.0410. The molecular weight excluding hydrogens is 342 g/mol. The van der Waals surface area contributed by atoms with Crippen LogP contribution in [0.5, 0.6) is 0 Å².